The first-order valence-electron chi connectivity index (χ1n) is 7.64. The molecule has 2 aliphatic heterocycles. The maximum Gasteiger partial charge on any atom is 0.223 e. The van der Waals surface area contributed by atoms with E-state index in [1.807, 2.05) is 4.90 Å². The highest BCUT2D eigenvalue weighted by Gasteiger charge is 2.25. The standard InChI is InChI=1S/C17H23NO2/c1-12-9-16-10-15(14-5-7-20-8-6-14)3-4-17(16)18(11-12)13(2)19/h3-4,10,12,14H,5-9,11H2,1-2H3/t12-/m1/s1. The molecule has 0 aliphatic carbocycles. The first kappa shape index (κ1) is 13.6. The number of carbonyl (C=O) groups is 1. The molecule has 0 N–H and O–H groups in total. The van der Waals surface area contributed by atoms with Crippen molar-refractivity contribution in [1.82, 2.24) is 0 Å². The second-order valence-electron chi connectivity index (χ2n) is 6.21. The summed E-state index contributed by atoms with van der Waals surface area (Å²) in [4.78, 5) is 13.7. The molecule has 20 heavy (non-hydrogen) atoms. The number of nitrogens with zero attached hydrogens (tertiary/aromatic N) is 1. The second kappa shape index (κ2) is 5.57. The number of ether oxygens (including phenoxy) is 1. The zero-order valence-electron chi connectivity index (χ0n) is 12.4. The van der Waals surface area contributed by atoms with Crippen molar-refractivity contribution in [1.29, 1.82) is 0 Å². The molecule has 0 unspecified atom stereocenters. The first-order chi connectivity index (χ1) is 9.65. The Morgan fingerprint density at radius 2 is 2.05 bits per heavy atom. The number of carbonyl (C=O) groups excluding carboxylic acids is 1. The van der Waals surface area contributed by atoms with Crippen molar-refractivity contribution >= 4 is 11.6 Å². The third kappa shape index (κ3) is 2.59. The summed E-state index contributed by atoms with van der Waals surface area (Å²) < 4.78 is 5.45. The second-order valence-corrected chi connectivity index (χ2v) is 6.21. The lowest BCUT2D eigenvalue weighted by Gasteiger charge is -2.33. The largest absolute Gasteiger partial charge is 0.381 e. The molecule has 0 aromatic heterocycles. The van der Waals surface area contributed by atoms with E-state index in [0.717, 1.165) is 44.7 Å². The van der Waals surface area contributed by atoms with Crippen molar-refractivity contribution in [3.63, 3.8) is 0 Å². The molecule has 0 spiro atoms. The van der Waals surface area contributed by atoms with Crippen LogP contribution < -0.4 is 4.90 Å². The van der Waals surface area contributed by atoms with Crippen molar-refractivity contribution in [3.8, 4) is 0 Å². The van der Waals surface area contributed by atoms with E-state index in [4.69, 9.17) is 4.74 Å². The van der Waals surface area contributed by atoms with Gasteiger partial charge in [0.05, 0.1) is 0 Å². The van der Waals surface area contributed by atoms with Crippen LogP contribution in [-0.4, -0.2) is 25.7 Å². The quantitative estimate of drug-likeness (QED) is 0.787. The van der Waals surface area contributed by atoms with Crippen molar-refractivity contribution < 1.29 is 9.53 Å². The fraction of sp³-hybridized carbons (Fsp3) is 0.588. The van der Waals surface area contributed by atoms with E-state index in [-0.39, 0.29) is 5.91 Å². The van der Waals surface area contributed by atoms with Gasteiger partial charge in [0.2, 0.25) is 5.91 Å². The first-order valence-corrected chi connectivity index (χ1v) is 7.64. The molecule has 1 fully saturated rings. The van der Waals surface area contributed by atoms with Crippen LogP contribution >= 0.6 is 0 Å². The van der Waals surface area contributed by atoms with Gasteiger partial charge in [-0.15, -0.1) is 0 Å². The summed E-state index contributed by atoms with van der Waals surface area (Å²) in [5.74, 6) is 1.31. The fourth-order valence-electron chi connectivity index (χ4n) is 3.47. The van der Waals surface area contributed by atoms with E-state index in [1.54, 1.807) is 6.92 Å². The summed E-state index contributed by atoms with van der Waals surface area (Å²) in [5.41, 5.74) is 3.87. The zero-order valence-corrected chi connectivity index (χ0v) is 12.4. The van der Waals surface area contributed by atoms with E-state index in [9.17, 15) is 4.79 Å². The van der Waals surface area contributed by atoms with Gasteiger partial charge in [-0.2, -0.15) is 0 Å². The fourth-order valence-corrected chi connectivity index (χ4v) is 3.47. The molecule has 3 nitrogen and oxygen atoms in total. The number of hydrogen-bond donors (Lipinski definition) is 0. The molecule has 108 valence electrons. The summed E-state index contributed by atoms with van der Waals surface area (Å²) in [6, 6.07) is 6.69. The Morgan fingerprint density at radius 3 is 2.75 bits per heavy atom. The topological polar surface area (TPSA) is 29.5 Å². The monoisotopic (exact) mass is 273 g/mol. The van der Waals surface area contributed by atoms with Crippen LogP contribution in [0.2, 0.25) is 0 Å². The van der Waals surface area contributed by atoms with Crippen molar-refractivity contribution in [2.24, 2.45) is 5.92 Å². The highest BCUT2D eigenvalue weighted by molar-refractivity contribution is 5.92. The Balaban J connectivity index is 1.91. The SMILES string of the molecule is CC(=O)N1C[C@H](C)Cc2cc(C3CCOCC3)ccc21. The number of amides is 1. The third-order valence-corrected chi connectivity index (χ3v) is 4.53. The van der Waals surface area contributed by atoms with E-state index >= 15 is 0 Å². The van der Waals surface area contributed by atoms with Gasteiger partial charge in [0.25, 0.3) is 0 Å². The van der Waals surface area contributed by atoms with Gasteiger partial charge in [-0.3, -0.25) is 4.79 Å². The highest BCUT2D eigenvalue weighted by Crippen LogP contribution is 2.34. The minimum Gasteiger partial charge on any atom is -0.381 e. The maximum absolute atomic E-state index is 11.8. The van der Waals surface area contributed by atoms with Crippen LogP contribution in [0.15, 0.2) is 18.2 Å². The van der Waals surface area contributed by atoms with Gasteiger partial charge in [0, 0.05) is 32.4 Å². The molecule has 1 aromatic rings. The number of hydrogen-bond acceptors (Lipinski definition) is 2. The minimum atomic E-state index is 0.150. The number of benzene rings is 1. The lowest BCUT2D eigenvalue weighted by molar-refractivity contribution is -0.116. The van der Waals surface area contributed by atoms with Crippen molar-refractivity contribution in [2.75, 3.05) is 24.7 Å². The highest BCUT2D eigenvalue weighted by atomic mass is 16.5. The molecule has 1 amide bonds. The molecule has 1 aromatic carbocycles. The smallest absolute Gasteiger partial charge is 0.223 e. The summed E-state index contributed by atoms with van der Waals surface area (Å²) in [7, 11) is 0. The molecule has 0 bridgehead atoms. The van der Waals surface area contributed by atoms with Crippen LogP contribution in [0.5, 0.6) is 0 Å². The van der Waals surface area contributed by atoms with E-state index < -0.39 is 0 Å². The van der Waals surface area contributed by atoms with Crippen LogP contribution in [0.3, 0.4) is 0 Å². The average molecular weight is 273 g/mol. The number of fused-ring (bicyclic) bond motifs is 1. The summed E-state index contributed by atoms with van der Waals surface area (Å²) >= 11 is 0. The number of rotatable bonds is 1. The predicted octanol–water partition coefficient (Wildman–Crippen LogP) is 3.13. The van der Waals surface area contributed by atoms with Crippen molar-refractivity contribution in [2.45, 2.75) is 39.0 Å². The van der Waals surface area contributed by atoms with Gasteiger partial charge in [-0.1, -0.05) is 19.1 Å². The molecule has 2 aliphatic rings. The lowest BCUT2D eigenvalue weighted by atomic mass is 9.86. The Labute approximate surface area is 120 Å². The van der Waals surface area contributed by atoms with Crippen LogP contribution in [0, 0.1) is 5.92 Å². The van der Waals surface area contributed by atoms with Gasteiger partial charge in [0.15, 0.2) is 0 Å². The molecule has 0 saturated carbocycles. The van der Waals surface area contributed by atoms with Gasteiger partial charge >= 0.3 is 0 Å². The van der Waals surface area contributed by atoms with Crippen molar-refractivity contribution in [3.05, 3.63) is 29.3 Å². The van der Waals surface area contributed by atoms with Gasteiger partial charge in [-0.05, 0) is 48.3 Å². The van der Waals surface area contributed by atoms with Gasteiger partial charge in [0.1, 0.15) is 0 Å². The molecule has 1 atom stereocenters. The Kier molecular flexibility index (Phi) is 3.79. The van der Waals surface area contributed by atoms with Crippen LogP contribution in [0.4, 0.5) is 5.69 Å². The van der Waals surface area contributed by atoms with E-state index in [2.05, 4.69) is 25.1 Å². The zero-order chi connectivity index (χ0) is 14.1. The average Bonchev–Trinajstić information content (AvgIpc) is 2.46. The number of anilines is 1. The summed E-state index contributed by atoms with van der Waals surface area (Å²) in [5, 5.41) is 0. The molecule has 3 heteroatoms. The molecular formula is C17H23NO2. The van der Waals surface area contributed by atoms with Crippen LogP contribution in [-0.2, 0) is 16.0 Å². The third-order valence-electron chi connectivity index (χ3n) is 4.53. The molecular weight excluding hydrogens is 250 g/mol. The summed E-state index contributed by atoms with van der Waals surface area (Å²) in [6.45, 7) is 6.47. The molecule has 0 radical (unpaired) electrons. The normalized spacial score (nSPS) is 23.5. The Morgan fingerprint density at radius 1 is 1.30 bits per heavy atom. The van der Waals surface area contributed by atoms with E-state index in [0.29, 0.717) is 11.8 Å². The Hall–Kier alpha value is -1.35. The Bertz CT molecular complexity index is 506. The molecule has 2 heterocycles. The minimum absolute atomic E-state index is 0.150. The molecule has 1 saturated heterocycles. The van der Waals surface area contributed by atoms with Crippen LogP contribution in [0.1, 0.15) is 43.7 Å². The maximum atomic E-state index is 11.8. The van der Waals surface area contributed by atoms with Crippen LogP contribution in [0.25, 0.3) is 0 Å². The van der Waals surface area contributed by atoms with Gasteiger partial charge in [-0.25, -0.2) is 0 Å². The van der Waals surface area contributed by atoms with E-state index in [1.165, 1.54) is 11.1 Å². The van der Waals surface area contributed by atoms with Gasteiger partial charge < -0.3 is 9.64 Å². The summed E-state index contributed by atoms with van der Waals surface area (Å²) in [6.07, 6.45) is 3.31. The predicted molar refractivity (Wildman–Crippen MR) is 80.1 cm³/mol. The molecule has 3 rings (SSSR count). The lowest BCUT2D eigenvalue weighted by Crippen LogP contribution is -2.37.